The summed E-state index contributed by atoms with van der Waals surface area (Å²) in [5, 5.41) is 0. The number of nitrogens with zero attached hydrogens (tertiary/aromatic N) is 1. The van der Waals surface area contributed by atoms with Crippen LogP contribution in [0.4, 0.5) is 0 Å². The van der Waals surface area contributed by atoms with E-state index >= 15 is 0 Å². The summed E-state index contributed by atoms with van der Waals surface area (Å²) in [6.07, 6.45) is 7.46. The summed E-state index contributed by atoms with van der Waals surface area (Å²) in [5.41, 5.74) is 8.94. The van der Waals surface area contributed by atoms with Crippen molar-refractivity contribution < 1.29 is 4.58 Å². The smallest absolute Gasteiger partial charge is 0.214 e. The van der Waals surface area contributed by atoms with Gasteiger partial charge in [0.2, 0.25) is 5.71 Å². The van der Waals surface area contributed by atoms with Gasteiger partial charge >= 0.3 is 0 Å². The van der Waals surface area contributed by atoms with Crippen LogP contribution in [-0.2, 0) is 11.8 Å². The Balaban J connectivity index is 2.16. The normalized spacial score (nSPS) is 15.7. The Morgan fingerprint density at radius 3 is 2.33 bits per heavy atom. The quantitative estimate of drug-likeness (QED) is 0.403. The Hall–Kier alpha value is -1.89. The van der Waals surface area contributed by atoms with Crippen molar-refractivity contribution in [1.29, 1.82) is 0 Å². The molecule has 1 heterocycles. The van der Waals surface area contributed by atoms with Crippen LogP contribution in [-0.4, -0.2) is 23.9 Å². The minimum absolute atomic E-state index is 0.262. The SMILES string of the molecule is CCCCCc1ccc2c(c1)C(c1ccccc1C)=[N+](C)CC2(CC)CC. The van der Waals surface area contributed by atoms with Crippen LogP contribution in [0.25, 0.3) is 0 Å². The zero-order valence-electron chi connectivity index (χ0n) is 17.9. The van der Waals surface area contributed by atoms with Crippen molar-refractivity contribution in [1.82, 2.24) is 0 Å². The first-order valence-electron chi connectivity index (χ1n) is 10.8. The maximum Gasteiger partial charge on any atom is 0.214 e. The third-order valence-electron chi connectivity index (χ3n) is 6.65. The number of benzene rings is 2. The first-order chi connectivity index (χ1) is 13.1. The van der Waals surface area contributed by atoms with Gasteiger partial charge in [-0.1, -0.05) is 63.9 Å². The second-order valence-corrected chi connectivity index (χ2v) is 8.34. The second kappa shape index (κ2) is 8.42. The van der Waals surface area contributed by atoms with E-state index in [-0.39, 0.29) is 5.41 Å². The first-order valence-corrected chi connectivity index (χ1v) is 10.8. The standard InChI is InChI=1S/C26H36N/c1-6-9-10-14-21-16-17-24-23(18-21)25(22-15-12-11-13-20(22)4)27(5)19-26(24,7-2)8-3/h11-13,15-18H,6-10,14,19H2,1-5H3/q+1. The molecule has 0 spiro atoms. The van der Waals surface area contributed by atoms with Crippen LogP contribution in [0.3, 0.4) is 0 Å². The van der Waals surface area contributed by atoms with Crippen molar-refractivity contribution >= 4 is 5.71 Å². The van der Waals surface area contributed by atoms with Crippen LogP contribution in [0.15, 0.2) is 42.5 Å². The zero-order valence-corrected chi connectivity index (χ0v) is 17.9. The molecule has 0 saturated heterocycles. The van der Waals surface area contributed by atoms with Crippen LogP contribution in [0.2, 0.25) is 0 Å². The Labute approximate surface area is 166 Å². The molecule has 27 heavy (non-hydrogen) atoms. The predicted octanol–water partition coefficient (Wildman–Crippen LogP) is 6.28. The Kier molecular flexibility index (Phi) is 6.19. The maximum atomic E-state index is 2.52. The molecule has 0 fully saturated rings. The van der Waals surface area contributed by atoms with E-state index in [1.807, 2.05) is 0 Å². The Morgan fingerprint density at radius 2 is 1.67 bits per heavy atom. The Bertz CT molecular complexity index is 824. The van der Waals surface area contributed by atoms with Gasteiger partial charge in [0.25, 0.3) is 0 Å². The molecule has 1 aliphatic heterocycles. The fraction of sp³-hybridized carbons (Fsp3) is 0.500. The molecule has 0 N–H and O–H groups in total. The van der Waals surface area contributed by atoms with Gasteiger partial charge in [-0.15, -0.1) is 0 Å². The van der Waals surface area contributed by atoms with Crippen molar-refractivity contribution in [2.75, 3.05) is 13.6 Å². The molecular formula is C26H36N+. The van der Waals surface area contributed by atoms with Crippen molar-refractivity contribution in [3.05, 3.63) is 70.3 Å². The van der Waals surface area contributed by atoms with E-state index in [2.05, 4.69) is 81.8 Å². The van der Waals surface area contributed by atoms with E-state index in [1.54, 1.807) is 5.56 Å². The molecule has 0 aromatic heterocycles. The van der Waals surface area contributed by atoms with Crippen LogP contribution in [0.5, 0.6) is 0 Å². The zero-order chi connectivity index (χ0) is 19.4. The van der Waals surface area contributed by atoms with E-state index in [0.717, 1.165) is 6.54 Å². The fourth-order valence-corrected chi connectivity index (χ4v) is 4.85. The molecule has 3 rings (SSSR count). The van der Waals surface area contributed by atoms with Gasteiger partial charge < -0.3 is 0 Å². The van der Waals surface area contributed by atoms with Crippen molar-refractivity contribution in [2.45, 2.75) is 71.6 Å². The van der Waals surface area contributed by atoms with Gasteiger partial charge in [0.1, 0.15) is 7.05 Å². The van der Waals surface area contributed by atoms with E-state index in [0.29, 0.717) is 0 Å². The van der Waals surface area contributed by atoms with E-state index in [9.17, 15) is 0 Å². The Morgan fingerprint density at radius 1 is 0.926 bits per heavy atom. The lowest BCUT2D eigenvalue weighted by Crippen LogP contribution is -2.43. The van der Waals surface area contributed by atoms with Crippen molar-refractivity contribution in [2.24, 2.45) is 0 Å². The van der Waals surface area contributed by atoms with E-state index in [4.69, 9.17) is 0 Å². The number of unbranched alkanes of at least 4 members (excludes halogenated alkanes) is 2. The minimum Gasteiger partial charge on any atom is -0.231 e. The molecule has 0 unspecified atom stereocenters. The third-order valence-corrected chi connectivity index (χ3v) is 6.65. The van der Waals surface area contributed by atoms with Gasteiger partial charge in [0.15, 0.2) is 6.54 Å². The van der Waals surface area contributed by atoms with Gasteiger partial charge in [-0.2, -0.15) is 0 Å². The molecular weight excluding hydrogens is 326 g/mol. The summed E-state index contributed by atoms with van der Waals surface area (Å²) in [7, 11) is 2.29. The van der Waals surface area contributed by atoms with Gasteiger partial charge in [-0.3, -0.25) is 0 Å². The second-order valence-electron chi connectivity index (χ2n) is 8.34. The lowest BCUT2D eigenvalue weighted by atomic mass is 9.70. The molecule has 0 atom stereocenters. The number of hydrogen-bond acceptors (Lipinski definition) is 0. The van der Waals surface area contributed by atoms with Gasteiger partial charge in [0.05, 0.1) is 11.0 Å². The van der Waals surface area contributed by atoms with Gasteiger partial charge in [-0.05, 0) is 61.4 Å². The lowest BCUT2D eigenvalue weighted by molar-refractivity contribution is -0.509. The lowest BCUT2D eigenvalue weighted by Gasteiger charge is -2.36. The van der Waals surface area contributed by atoms with Gasteiger partial charge in [-0.25, -0.2) is 4.58 Å². The summed E-state index contributed by atoms with van der Waals surface area (Å²) in [6, 6.07) is 16.2. The van der Waals surface area contributed by atoms with Crippen LogP contribution >= 0.6 is 0 Å². The summed E-state index contributed by atoms with van der Waals surface area (Å²) in [6.45, 7) is 10.3. The highest BCUT2D eigenvalue weighted by atomic mass is 15.0. The highest BCUT2D eigenvalue weighted by Crippen LogP contribution is 2.39. The van der Waals surface area contributed by atoms with Crippen molar-refractivity contribution in [3.8, 4) is 0 Å². The minimum atomic E-state index is 0.262. The molecule has 0 amide bonds. The van der Waals surface area contributed by atoms with Crippen LogP contribution < -0.4 is 0 Å². The molecule has 2 aromatic rings. The number of rotatable bonds is 7. The van der Waals surface area contributed by atoms with Crippen LogP contribution in [0, 0.1) is 6.92 Å². The predicted molar refractivity (Wildman–Crippen MR) is 117 cm³/mol. The summed E-state index contributed by atoms with van der Waals surface area (Å²) in [4.78, 5) is 0. The number of fused-ring (bicyclic) bond motifs is 1. The maximum absolute atomic E-state index is 2.52. The number of aryl methyl sites for hydroxylation is 2. The molecule has 0 radical (unpaired) electrons. The molecule has 0 aliphatic carbocycles. The van der Waals surface area contributed by atoms with E-state index in [1.165, 1.54) is 66.5 Å². The monoisotopic (exact) mass is 362 g/mol. The number of likely N-dealkylation sites (N-methyl/N-ethyl adjacent to an activating group) is 1. The molecule has 0 bridgehead atoms. The molecule has 1 aliphatic rings. The molecule has 0 saturated carbocycles. The molecule has 2 aromatic carbocycles. The topological polar surface area (TPSA) is 3.01 Å². The van der Waals surface area contributed by atoms with E-state index < -0.39 is 0 Å². The fourth-order valence-electron chi connectivity index (χ4n) is 4.85. The molecule has 1 nitrogen and oxygen atoms in total. The van der Waals surface area contributed by atoms with Gasteiger partial charge in [0, 0.05) is 5.56 Å². The highest BCUT2D eigenvalue weighted by Gasteiger charge is 2.41. The molecule has 1 heteroatoms. The summed E-state index contributed by atoms with van der Waals surface area (Å²) in [5.74, 6) is 0. The number of hydrogen-bond donors (Lipinski definition) is 0. The third kappa shape index (κ3) is 3.74. The summed E-state index contributed by atoms with van der Waals surface area (Å²) >= 11 is 0. The first kappa shape index (κ1) is 19.9. The average molecular weight is 363 g/mol. The van der Waals surface area contributed by atoms with Crippen molar-refractivity contribution in [3.63, 3.8) is 0 Å². The molecule has 144 valence electrons. The van der Waals surface area contributed by atoms with Crippen LogP contribution in [0.1, 0.15) is 80.7 Å². The largest absolute Gasteiger partial charge is 0.231 e. The summed E-state index contributed by atoms with van der Waals surface area (Å²) < 4.78 is 2.52. The highest BCUT2D eigenvalue weighted by molar-refractivity contribution is 6.12. The average Bonchev–Trinajstić information content (AvgIpc) is 2.68.